The van der Waals surface area contributed by atoms with E-state index in [1.807, 2.05) is 53.9 Å². The number of benzene rings is 1. The van der Waals surface area contributed by atoms with Crippen LogP contribution in [0, 0.1) is 0 Å². The Bertz CT molecular complexity index is 1040. The number of aromatic nitrogens is 2. The van der Waals surface area contributed by atoms with Crippen molar-refractivity contribution in [1.29, 1.82) is 0 Å². The van der Waals surface area contributed by atoms with Crippen molar-refractivity contribution in [3.63, 3.8) is 0 Å². The molecule has 0 fully saturated rings. The van der Waals surface area contributed by atoms with E-state index in [1.165, 1.54) is 0 Å². The third-order valence-corrected chi connectivity index (χ3v) is 4.96. The molecule has 0 spiro atoms. The second-order valence-electron chi connectivity index (χ2n) is 5.38. The number of pyridine rings is 1. The van der Waals surface area contributed by atoms with Gasteiger partial charge in [-0.3, -0.25) is 4.98 Å². The quantitative estimate of drug-likeness (QED) is 0.501. The maximum absolute atomic E-state index is 6.36. The van der Waals surface area contributed by atoms with Crippen LogP contribution in [-0.2, 0) is 6.54 Å². The molecule has 4 rings (SSSR count). The first-order valence-electron chi connectivity index (χ1n) is 7.71. The molecule has 0 saturated heterocycles. The molecule has 0 bridgehead atoms. The van der Waals surface area contributed by atoms with E-state index in [0.29, 0.717) is 6.54 Å². The van der Waals surface area contributed by atoms with Crippen LogP contribution in [0.5, 0.6) is 0 Å². The van der Waals surface area contributed by atoms with Gasteiger partial charge in [0.25, 0.3) is 0 Å². The van der Waals surface area contributed by atoms with Gasteiger partial charge in [-0.1, -0.05) is 29.8 Å². The highest BCUT2D eigenvalue weighted by Crippen LogP contribution is 2.24. The van der Waals surface area contributed by atoms with Crippen molar-refractivity contribution in [3.8, 4) is 11.5 Å². The zero-order chi connectivity index (χ0) is 17.1. The van der Waals surface area contributed by atoms with Gasteiger partial charge in [-0.05, 0) is 35.9 Å². The van der Waals surface area contributed by atoms with E-state index in [4.69, 9.17) is 21.0 Å². The fourth-order valence-electron chi connectivity index (χ4n) is 2.52. The van der Waals surface area contributed by atoms with Crippen LogP contribution in [-0.4, -0.2) is 9.55 Å². The molecule has 4 aromatic rings. The number of thiazole rings is 1. The summed E-state index contributed by atoms with van der Waals surface area (Å²) in [7, 11) is 0. The smallest absolute Gasteiger partial charge is 0.190 e. The van der Waals surface area contributed by atoms with Crippen molar-refractivity contribution < 1.29 is 4.42 Å². The van der Waals surface area contributed by atoms with E-state index in [-0.39, 0.29) is 0 Å². The fraction of sp³-hybridized carbons (Fsp3) is 0.0526. The molecular weight excluding hydrogens is 354 g/mol. The van der Waals surface area contributed by atoms with Crippen molar-refractivity contribution in [2.24, 2.45) is 4.99 Å². The Morgan fingerprint density at radius 2 is 2.04 bits per heavy atom. The van der Waals surface area contributed by atoms with Gasteiger partial charge in [0.2, 0.25) is 0 Å². The van der Waals surface area contributed by atoms with Crippen molar-refractivity contribution in [1.82, 2.24) is 9.55 Å². The highest BCUT2D eigenvalue weighted by molar-refractivity contribution is 7.07. The van der Waals surface area contributed by atoms with Gasteiger partial charge in [-0.25, -0.2) is 4.99 Å². The van der Waals surface area contributed by atoms with Gasteiger partial charge in [0, 0.05) is 16.6 Å². The normalized spacial score (nSPS) is 11.8. The van der Waals surface area contributed by atoms with Crippen molar-refractivity contribution >= 4 is 28.6 Å². The summed E-state index contributed by atoms with van der Waals surface area (Å²) in [5, 5.41) is 2.78. The molecule has 3 aromatic heterocycles. The molecule has 124 valence electrons. The lowest BCUT2D eigenvalue weighted by Gasteiger charge is -2.09. The van der Waals surface area contributed by atoms with Gasteiger partial charge >= 0.3 is 0 Å². The minimum Gasteiger partial charge on any atom is -0.463 e. The average molecular weight is 368 g/mol. The molecule has 0 N–H and O–H groups in total. The van der Waals surface area contributed by atoms with E-state index in [1.54, 1.807) is 30.0 Å². The lowest BCUT2D eigenvalue weighted by atomic mass is 10.2. The lowest BCUT2D eigenvalue weighted by Crippen LogP contribution is -2.16. The second kappa shape index (κ2) is 7.09. The van der Waals surface area contributed by atoms with Crippen LogP contribution in [0.1, 0.15) is 5.56 Å². The molecule has 0 aliphatic carbocycles. The third-order valence-electron chi connectivity index (χ3n) is 3.73. The van der Waals surface area contributed by atoms with Gasteiger partial charge < -0.3 is 8.98 Å². The summed E-state index contributed by atoms with van der Waals surface area (Å²) >= 11 is 7.92. The largest absolute Gasteiger partial charge is 0.463 e. The summed E-state index contributed by atoms with van der Waals surface area (Å²) in [5.41, 5.74) is 2.81. The minimum atomic E-state index is 0.609. The maximum Gasteiger partial charge on any atom is 0.190 e. The monoisotopic (exact) mass is 367 g/mol. The van der Waals surface area contributed by atoms with Crippen molar-refractivity contribution in [3.05, 3.63) is 88.0 Å². The molecule has 0 aliphatic heterocycles. The van der Waals surface area contributed by atoms with Crippen LogP contribution in [0.25, 0.3) is 11.5 Å². The maximum atomic E-state index is 6.36. The van der Waals surface area contributed by atoms with Gasteiger partial charge in [0.1, 0.15) is 0 Å². The molecule has 1 aromatic carbocycles. The van der Waals surface area contributed by atoms with Gasteiger partial charge in [0.15, 0.2) is 10.6 Å². The summed E-state index contributed by atoms with van der Waals surface area (Å²) in [4.78, 5) is 9.72. The number of nitrogens with zero attached hydrogens (tertiary/aromatic N) is 3. The molecule has 0 saturated carbocycles. The fourth-order valence-corrected chi connectivity index (χ4v) is 3.63. The van der Waals surface area contributed by atoms with E-state index >= 15 is 0 Å². The highest BCUT2D eigenvalue weighted by atomic mass is 35.5. The summed E-state index contributed by atoms with van der Waals surface area (Å²) in [6, 6.07) is 15.5. The molecule has 0 aliphatic rings. The Hall–Kier alpha value is -2.63. The molecule has 0 radical (unpaired) electrons. The number of halogens is 1. The van der Waals surface area contributed by atoms with Crippen LogP contribution in [0.3, 0.4) is 0 Å². The molecule has 6 heteroatoms. The van der Waals surface area contributed by atoms with Crippen LogP contribution < -0.4 is 4.80 Å². The van der Waals surface area contributed by atoms with Gasteiger partial charge in [0.05, 0.1) is 30.4 Å². The first-order valence-corrected chi connectivity index (χ1v) is 8.97. The molecule has 0 atom stereocenters. The number of hydrogen-bond donors (Lipinski definition) is 0. The zero-order valence-corrected chi connectivity index (χ0v) is 14.7. The average Bonchev–Trinajstić information content (AvgIpc) is 3.28. The van der Waals surface area contributed by atoms with Crippen molar-refractivity contribution in [2.45, 2.75) is 6.54 Å². The molecule has 25 heavy (non-hydrogen) atoms. The summed E-state index contributed by atoms with van der Waals surface area (Å²) in [6.07, 6.45) is 5.15. The lowest BCUT2D eigenvalue weighted by molar-refractivity contribution is 0.573. The minimum absolute atomic E-state index is 0.609. The van der Waals surface area contributed by atoms with E-state index in [2.05, 4.69) is 9.55 Å². The first kappa shape index (κ1) is 15.9. The third kappa shape index (κ3) is 3.43. The Labute approximate surface area is 153 Å². The molecule has 0 amide bonds. The molecule has 0 unspecified atom stereocenters. The van der Waals surface area contributed by atoms with Gasteiger partial charge in [-0.2, -0.15) is 0 Å². The molecule has 4 nitrogen and oxygen atoms in total. The van der Waals surface area contributed by atoms with Crippen LogP contribution in [0.2, 0.25) is 5.02 Å². The number of rotatable bonds is 4. The van der Waals surface area contributed by atoms with E-state index in [0.717, 1.165) is 32.5 Å². The Morgan fingerprint density at radius 3 is 2.80 bits per heavy atom. The Balaban J connectivity index is 1.85. The van der Waals surface area contributed by atoms with Crippen LogP contribution in [0.15, 0.2) is 82.0 Å². The van der Waals surface area contributed by atoms with Crippen LogP contribution in [0.4, 0.5) is 5.69 Å². The molecule has 3 heterocycles. The zero-order valence-electron chi connectivity index (χ0n) is 13.2. The van der Waals surface area contributed by atoms with E-state index < -0.39 is 0 Å². The number of furan rings is 1. The predicted octanol–water partition coefficient (Wildman–Crippen LogP) is 5.14. The van der Waals surface area contributed by atoms with Crippen LogP contribution >= 0.6 is 22.9 Å². The highest BCUT2D eigenvalue weighted by Gasteiger charge is 2.12. The summed E-state index contributed by atoms with van der Waals surface area (Å²) in [6.45, 7) is 0.609. The standard InChI is InChI=1S/C19H14ClN3OS/c20-16-7-2-1-5-14(16)12-23-17(18-8-4-10-24-18)13-25-19(23)22-15-6-3-9-21-11-15/h1-11,13H,12H2. The van der Waals surface area contributed by atoms with E-state index in [9.17, 15) is 0 Å². The van der Waals surface area contributed by atoms with Gasteiger partial charge in [-0.15, -0.1) is 11.3 Å². The molecular formula is C19H14ClN3OS. The summed E-state index contributed by atoms with van der Waals surface area (Å²) in [5.74, 6) is 0.802. The Morgan fingerprint density at radius 1 is 1.12 bits per heavy atom. The summed E-state index contributed by atoms with van der Waals surface area (Å²) < 4.78 is 7.70. The topological polar surface area (TPSA) is 43.3 Å². The predicted molar refractivity (Wildman–Crippen MR) is 100 cm³/mol. The number of hydrogen-bond acceptors (Lipinski definition) is 4. The SMILES string of the molecule is Clc1ccccc1Cn1c(-c2ccco2)csc1=Nc1cccnc1. The first-order chi connectivity index (χ1) is 12.3. The van der Waals surface area contributed by atoms with Crippen molar-refractivity contribution in [2.75, 3.05) is 0 Å². The Kier molecular flexibility index (Phi) is 4.50. The second-order valence-corrected chi connectivity index (χ2v) is 6.63.